The molecule has 26 heavy (non-hydrogen) atoms. The second-order valence-corrected chi connectivity index (χ2v) is 6.08. The molecule has 1 aliphatic rings. The summed E-state index contributed by atoms with van der Waals surface area (Å²) in [6.45, 7) is 0. The number of rotatable bonds is 3. The van der Waals surface area contributed by atoms with Gasteiger partial charge in [-0.15, -0.1) is 0 Å². The fourth-order valence-electron chi connectivity index (χ4n) is 3.31. The van der Waals surface area contributed by atoms with Crippen molar-refractivity contribution in [2.24, 2.45) is 0 Å². The zero-order valence-electron chi connectivity index (χ0n) is 14.0. The van der Waals surface area contributed by atoms with Crippen LogP contribution in [0.5, 0.6) is 0 Å². The van der Waals surface area contributed by atoms with Gasteiger partial charge in [-0.3, -0.25) is 9.89 Å². The number of ether oxygens (including phenoxy) is 1. The van der Waals surface area contributed by atoms with E-state index in [1.54, 1.807) is 6.07 Å². The minimum absolute atomic E-state index is 0.148. The van der Waals surface area contributed by atoms with Gasteiger partial charge in [0.1, 0.15) is 0 Å². The van der Waals surface area contributed by atoms with Crippen molar-refractivity contribution in [2.45, 2.75) is 18.9 Å². The Balaban J connectivity index is 1.59. The average molecular weight is 353 g/mol. The number of hydrogen-bond acceptors (Lipinski definition) is 6. The molecule has 1 amide bonds. The Bertz CT molecular complexity index is 1030. The summed E-state index contributed by atoms with van der Waals surface area (Å²) < 4.78 is 4.75. The molecule has 9 nitrogen and oxygen atoms in total. The van der Waals surface area contributed by atoms with Gasteiger partial charge in [0.05, 0.1) is 18.7 Å². The van der Waals surface area contributed by atoms with Crippen LogP contribution in [-0.2, 0) is 11.2 Å². The number of nitrogens with two attached hydrogens (primary N) is 1. The largest absolute Gasteiger partial charge is 0.465 e. The number of carbonyl (C=O) groups excluding carboxylic acids is 2. The molecule has 3 aromatic rings. The molecule has 0 fully saturated rings. The summed E-state index contributed by atoms with van der Waals surface area (Å²) in [6, 6.07) is 5.23. The zero-order chi connectivity index (χ0) is 18.3. The summed E-state index contributed by atoms with van der Waals surface area (Å²) in [7, 11) is 1.35. The Kier molecular flexibility index (Phi) is 3.76. The second kappa shape index (κ2) is 6.10. The SMILES string of the molecule is COC(=O)c1ccc2c(c1)CCC2NC(=O)c1nc[nH+]c2c(N)n[nH]c12. The number of methoxy groups -OCH3 is 1. The maximum atomic E-state index is 12.7. The van der Waals surface area contributed by atoms with Gasteiger partial charge in [-0.25, -0.2) is 9.78 Å². The molecule has 1 unspecified atom stereocenters. The molecule has 0 saturated heterocycles. The summed E-state index contributed by atoms with van der Waals surface area (Å²) in [4.78, 5) is 31.3. The first kappa shape index (κ1) is 16.0. The number of hydrogen-bond donors (Lipinski definition) is 3. The van der Waals surface area contributed by atoms with Crippen molar-refractivity contribution in [1.82, 2.24) is 20.5 Å². The van der Waals surface area contributed by atoms with Crippen molar-refractivity contribution < 1.29 is 19.3 Å². The van der Waals surface area contributed by atoms with Crippen LogP contribution in [0.25, 0.3) is 11.0 Å². The first-order valence-corrected chi connectivity index (χ1v) is 8.10. The van der Waals surface area contributed by atoms with E-state index in [9.17, 15) is 9.59 Å². The lowest BCUT2D eigenvalue weighted by Gasteiger charge is -2.13. The Morgan fingerprint density at radius 2 is 2.27 bits per heavy atom. The highest BCUT2D eigenvalue weighted by Gasteiger charge is 2.29. The van der Waals surface area contributed by atoms with Crippen LogP contribution in [0.4, 0.5) is 5.82 Å². The number of benzene rings is 1. The van der Waals surface area contributed by atoms with E-state index in [1.165, 1.54) is 13.4 Å². The van der Waals surface area contributed by atoms with Crippen LogP contribution in [0.1, 0.15) is 44.4 Å². The van der Waals surface area contributed by atoms with E-state index in [2.05, 4.69) is 25.5 Å². The maximum Gasteiger partial charge on any atom is 0.337 e. The number of nitrogen functional groups attached to an aromatic ring is 1. The van der Waals surface area contributed by atoms with Gasteiger partial charge in [0.25, 0.3) is 17.9 Å². The smallest absolute Gasteiger partial charge is 0.337 e. The predicted octanol–water partition coefficient (Wildman–Crippen LogP) is 0.558. The van der Waals surface area contributed by atoms with Gasteiger partial charge in [-0.2, -0.15) is 5.10 Å². The van der Waals surface area contributed by atoms with Gasteiger partial charge in [-0.1, -0.05) is 6.07 Å². The molecule has 2 heterocycles. The molecular formula is C17H17N6O3+. The van der Waals surface area contributed by atoms with Gasteiger partial charge in [0.2, 0.25) is 0 Å². The lowest BCUT2D eigenvalue weighted by atomic mass is 10.0. The minimum Gasteiger partial charge on any atom is -0.465 e. The molecular weight excluding hydrogens is 336 g/mol. The highest BCUT2D eigenvalue weighted by molar-refractivity contribution is 6.03. The van der Waals surface area contributed by atoms with Crippen LogP contribution in [-0.4, -0.2) is 34.2 Å². The number of aromatic amines is 2. The molecule has 1 aliphatic carbocycles. The predicted molar refractivity (Wildman–Crippen MR) is 91.2 cm³/mol. The quantitative estimate of drug-likeness (QED) is 0.588. The van der Waals surface area contributed by atoms with E-state index in [1.807, 2.05) is 12.1 Å². The second-order valence-electron chi connectivity index (χ2n) is 6.08. The molecule has 0 radical (unpaired) electrons. The molecule has 0 bridgehead atoms. The molecule has 2 aromatic heterocycles. The molecule has 1 aromatic carbocycles. The fourth-order valence-corrected chi connectivity index (χ4v) is 3.31. The first-order chi connectivity index (χ1) is 12.6. The normalized spacial score (nSPS) is 15.7. The lowest BCUT2D eigenvalue weighted by Crippen LogP contribution is -2.29. The number of carbonyl (C=O) groups is 2. The highest BCUT2D eigenvalue weighted by Crippen LogP contribution is 2.32. The highest BCUT2D eigenvalue weighted by atomic mass is 16.5. The molecule has 5 N–H and O–H groups in total. The van der Waals surface area contributed by atoms with Gasteiger partial charge < -0.3 is 15.8 Å². The summed E-state index contributed by atoms with van der Waals surface area (Å²) >= 11 is 0. The molecule has 1 atom stereocenters. The van der Waals surface area contributed by atoms with Crippen molar-refractivity contribution in [1.29, 1.82) is 0 Å². The van der Waals surface area contributed by atoms with Crippen molar-refractivity contribution in [3.8, 4) is 0 Å². The number of fused-ring (bicyclic) bond motifs is 2. The zero-order valence-corrected chi connectivity index (χ0v) is 14.0. The molecule has 9 heteroatoms. The van der Waals surface area contributed by atoms with Gasteiger partial charge in [0.15, 0.2) is 16.9 Å². The Morgan fingerprint density at radius 1 is 1.42 bits per heavy atom. The third-order valence-corrected chi connectivity index (χ3v) is 4.60. The number of H-pyrrole nitrogens is 2. The molecule has 4 rings (SSSR count). The van der Waals surface area contributed by atoms with Crippen molar-refractivity contribution >= 4 is 28.7 Å². The van der Waals surface area contributed by atoms with Crippen LogP contribution < -0.4 is 16.0 Å². The number of aryl methyl sites for hydroxylation is 1. The van der Waals surface area contributed by atoms with E-state index in [4.69, 9.17) is 10.5 Å². The number of amides is 1. The van der Waals surface area contributed by atoms with Gasteiger partial charge in [-0.05, 0) is 41.1 Å². The van der Waals surface area contributed by atoms with E-state index in [0.717, 1.165) is 24.0 Å². The number of anilines is 1. The fraction of sp³-hybridized carbons (Fsp3) is 0.235. The summed E-state index contributed by atoms with van der Waals surface area (Å²) in [5.41, 5.74) is 9.51. The number of esters is 1. The number of nitrogens with one attached hydrogen (secondary N) is 3. The number of nitrogens with zero attached hydrogens (tertiary/aromatic N) is 2. The monoisotopic (exact) mass is 353 g/mol. The van der Waals surface area contributed by atoms with Crippen molar-refractivity contribution in [3.63, 3.8) is 0 Å². The first-order valence-electron chi connectivity index (χ1n) is 8.10. The number of aromatic nitrogens is 4. The minimum atomic E-state index is -0.371. The van der Waals surface area contributed by atoms with Crippen molar-refractivity contribution in [2.75, 3.05) is 12.8 Å². The lowest BCUT2D eigenvalue weighted by molar-refractivity contribution is -0.349. The van der Waals surface area contributed by atoms with Crippen LogP contribution in [0, 0.1) is 0 Å². The van der Waals surface area contributed by atoms with E-state index in [0.29, 0.717) is 16.6 Å². The van der Waals surface area contributed by atoms with Crippen LogP contribution >= 0.6 is 0 Å². The topological polar surface area (TPSA) is 137 Å². The van der Waals surface area contributed by atoms with Crippen LogP contribution in [0.3, 0.4) is 0 Å². The summed E-state index contributed by atoms with van der Waals surface area (Å²) in [5, 5.41) is 9.62. The van der Waals surface area contributed by atoms with E-state index < -0.39 is 0 Å². The van der Waals surface area contributed by atoms with Crippen LogP contribution in [0.15, 0.2) is 24.5 Å². The Labute approximate surface area is 148 Å². The summed E-state index contributed by atoms with van der Waals surface area (Å²) in [5.74, 6) is -0.412. The molecule has 0 spiro atoms. The third-order valence-electron chi connectivity index (χ3n) is 4.60. The average Bonchev–Trinajstić information content (AvgIpc) is 3.24. The van der Waals surface area contributed by atoms with E-state index >= 15 is 0 Å². The molecule has 0 aliphatic heterocycles. The van der Waals surface area contributed by atoms with Crippen LogP contribution in [0.2, 0.25) is 0 Å². The molecule has 0 saturated carbocycles. The maximum absolute atomic E-state index is 12.7. The summed E-state index contributed by atoms with van der Waals surface area (Å²) in [6.07, 6.45) is 2.93. The van der Waals surface area contributed by atoms with Gasteiger partial charge in [0, 0.05) is 0 Å². The van der Waals surface area contributed by atoms with E-state index in [-0.39, 0.29) is 29.4 Å². The Morgan fingerprint density at radius 3 is 3.08 bits per heavy atom. The standard InChI is InChI=1S/C17H16N6O3/c1-26-17(25)9-2-4-10-8(6-9)3-5-11(10)21-16(24)14-12-13(19-7-20-14)15(18)23-22-12/h2,4,6-7,11H,3,5H2,1H3,(H,21,24)(H3,18,22,23)/p+1. The third kappa shape index (κ3) is 2.53. The molecule has 132 valence electrons. The Hall–Kier alpha value is -3.49. The van der Waals surface area contributed by atoms with Crippen molar-refractivity contribution in [3.05, 3.63) is 46.9 Å². The van der Waals surface area contributed by atoms with Gasteiger partial charge >= 0.3 is 5.97 Å².